The molecule has 0 spiro atoms. The minimum absolute atomic E-state index is 0.0386. The number of aryl methyl sites for hydroxylation is 1. The van der Waals surface area contributed by atoms with Gasteiger partial charge in [0.1, 0.15) is 0 Å². The summed E-state index contributed by atoms with van der Waals surface area (Å²) in [5.41, 5.74) is 6.35. The molecule has 5 rings (SSSR count). The van der Waals surface area contributed by atoms with Crippen LogP contribution in [0.2, 0.25) is 0 Å². The minimum atomic E-state index is -0.188. The van der Waals surface area contributed by atoms with Gasteiger partial charge in [0.15, 0.2) is 0 Å². The number of rotatable bonds is 3. The fraction of sp³-hybridized carbons (Fsp3) is 0.130. The second-order valence-electron chi connectivity index (χ2n) is 7.13. The van der Waals surface area contributed by atoms with Gasteiger partial charge in [-0.2, -0.15) is 0 Å². The van der Waals surface area contributed by atoms with Gasteiger partial charge in [0.05, 0.1) is 6.42 Å². The zero-order chi connectivity index (χ0) is 19.3. The molecule has 2 heterocycles. The number of hydrogen-bond donors (Lipinski definition) is 3. The van der Waals surface area contributed by atoms with Gasteiger partial charge in [0.2, 0.25) is 5.91 Å². The van der Waals surface area contributed by atoms with Crippen LogP contribution in [0.15, 0.2) is 54.6 Å². The first-order valence-electron chi connectivity index (χ1n) is 9.40. The molecule has 5 nitrogen and oxygen atoms in total. The summed E-state index contributed by atoms with van der Waals surface area (Å²) >= 11 is 0. The largest absolute Gasteiger partial charge is 0.354 e. The number of aromatic amines is 1. The van der Waals surface area contributed by atoms with Gasteiger partial charge < -0.3 is 15.6 Å². The van der Waals surface area contributed by atoms with Crippen molar-refractivity contribution in [3.8, 4) is 0 Å². The van der Waals surface area contributed by atoms with Crippen LogP contribution >= 0.6 is 0 Å². The number of H-pyrrole nitrogens is 1. The van der Waals surface area contributed by atoms with Crippen LogP contribution in [0.1, 0.15) is 28.4 Å². The molecule has 0 saturated carbocycles. The molecule has 0 aliphatic carbocycles. The Bertz CT molecular complexity index is 1270. The fourth-order valence-electron chi connectivity index (χ4n) is 3.94. The summed E-state index contributed by atoms with van der Waals surface area (Å²) in [4.78, 5) is 27.7. The van der Waals surface area contributed by atoms with Gasteiger partial charge >= 0.3 is 0 Å². The number of benzene rings is 3. The maximum atomic E-state index is 12.7. The van der Waals surface area contributed by atoms with E-state index in [1.54, 1.807) is 18.2 Å². The molecule has 4 aromatic rings. The van der Waals surface area contributed by atoms with Gasteiger partial charge in [0, 0.05) is 38.7 Å². The normalized spacial score (nSPS) is 13.0. The van der Waals surface area contributed by atoms with Crippen molar-refractivity contribution in [2.45, 2.75) is 19.8 Å². The van der Waals surface area contributed by atoms with Crippen molar-refractivity contribution in [3.63, 3.8) is 0 Å². The predicted octanol–water partition coefficient (Wildman–Crippen LogP) is 4.63. The zero-order valence-electron chi connectivity index (χ0n) is 15.4. The Hall–Kier alpha value is -3.60. The van der Waals surface area contributed by atoms with Crippen LogP contribution in [0.25, 0.3) is 21.8 Å². The van der Waals surface area contributed by atoms with E-state index in [0.29, 0.717) is 12.0 Å². The van der Waals surface area contributed by atoms with Crippen LogP contribution in [-0.2, 0) is 17.6 Å². The lowest BCUT2D eigenvalue weighted by Gasteiger charge is -2.07. The molecule has 1 aliphatic rings. The summed E-state index contributed by atoms with van der Waals surface area (Å²) in [6, 6.07) is 17.5. The summed E-state index contributed by atoms with van der Waals surface area (Å²) in [6.07, 6.45) is 1.28. The molecule has 0 radical (unpaired) electrons. The van der Waals surface area contributed by atoms with Gasteiger partial charge in [0.25, 0.3) is 5.91 Å². The third-order valence-corrected chi connectivity index (χ3v) is 5.35. The number of para-hydroxylation sites is 1. The van der Waals surface area contributed by atoms with E-state index < -0.39 is 0 Å². The van der Waals surface area contributed by atoms with Crippen molar-refractivity contribution in [3.05, 3.63) is 71.3 Å². The summed E-state index contributed by atoms with van der Waals surface area (Å²) in [5.74, 6) is -0.227. The standard InChI is InChI=1S/C23H19N3O2/c1-2-13-4-3-5-18-17-8-7-16(12-20(17)26-22(13)18)24-23(28)14-6-9-19-15(10-14)11-21(27)25-19/h3-10,12,26H,2,11H2,1H3,(H,24,28)(H,25,27). The second-order valence-corrected chi connectivity index (χ2v) is 7.13. The Labute approximate surface area is 161 Å². The van der Waals surface area contributed by atoms with Gasteiger partial charge in [-0.3, -0.25) is 9.59 Å². The molecule has 0 atom stereocenters. The lowest BCUT2D eigenvalue weighted by molar-refractivity contribution is -0.115. The van der Waals surface area contributed by atoms with Crippen molar-refractivity contribution < 1.29 is 9.59 Å². The highest BCUT2D eigenvalue weighted by Gasteiger charge is 2.19. The number of carbonyl (C=O) groups is 2. The number of fused-ring (bicyclic) bond motifs is 4. The van der Waals surface area contributed by atoms with Crippen LogP contribution in [0.4, 0.5) is 11.4 Å². The molecular formula is C23H19N3O2. The summed E-state index contributed by atoms with van der Waals surface area (Å²) < 4.78 is 0. The van der Waals surface area contributed by atoms with E-state index in [1.807, 2.05) is 18.2 Å². The SMILES string of the molecule is CCc1cccc2c1[nH]c1cc(NC(=O)c3ccc4c(c3)CC(=O)N4)ccc12. The Balaban J connectivity index is 1.47. The summed E-state index contributed by atoms with van der Waals surface area (Å²) in [6.45, 7) is 2.14. The van der Waals surface area contributed by atoms with Crippen LogP contribution in [0.5, 0.6) is 0 Å². The van der Waals surface area contributed by atoms with Gasteiger partial charge in [-0.05, 0) is 47.9 Å². The lowest BCUT2D eigenvalue weighted by Crippen LogP contribution is -2.12. The number of aromatic nitrogens is 1. The highest BCUT2D eigenvalue weighted by atomic mass is 16.2. The van der Waals surface area contributed by atoms with Crippen LogP contribution < -0.4 is 10.6 Å². The van der Waals surface area contributed by atoms with Gasteiger partial charge in [-0.1, -0.05) is 31.2 Å². The maximum Gasteiger partial charge on any atom is 0.255 e. The van der Waals surface area contributed by atoms with E-state index in [9.17, 15) is 9.59 Å². The molecule has 1 aliphatic heterocycles. The number of nitrogens with one attached hydrogen (secondary N) is 3. The molecular weight excluding hydrogens is 350 g/mol. The second kappa shape index (κ2) is 6.23. The number of hydrogen-bond acceptors (Lipinski definition) is 2. The fourth-order valence-corrected chi connectivity index (χ4v) is 3.94. The summed E-state index contributed by atoms with van der Waals surface area (Å²) in [5, 5.41) is 8.08. The van der Waals surface area contributed by atoms with Crippen LogP contribution in [0, 0.1) is 0 Å². The Morgan fingerprint density at radius 1 is 1.07 bits per heavy atom. The molecule has 5 heteroatoms. The van der Waals surface area contributed by atoms with Crippen molar-refractivity contribution in [2.24, 2.45) is 0 Å². The third kappa shape index (κ3) is 2.63. The molecule has 0 bridgehead atoms. The zero-order valence-corrected chi connectivity index (χ0v) is 15.4. The van der Waals surface area contributed by atoms with E-state index in [1.165, 1.54) is 10.9 Å². The molecule has 3 N–H and O–H groups in total. The first-order valence-corrected chi connectivity index (χ1v) is 9.40. The van der Waals surface area contributed by atoms with E-state index in [4.69, 9.17) is 0 Å². The highest BCUT2D eigenvalue weighted by molar-refractivity contribution is 6.11. The molecule has 138 valence electrons. The van der Waals surface area contributed by atoms with Crippen molar-refractivity contribution in [2.75, 3.05) is 10.6 Å². The lowest BCUT2D eigenvalue weighted by atomic mass is 10.1. The van der Waals surface area contributed by atoms with Crippen LogP contribution in [0.3, 0.4) is 0 Å². The smallest absolute Gasteiger partial charge is 0.255 e. The molecule has 2 amide bonds. The highest BCUT2D eigenvalue weighted by Crippen LogP contribution is 2.30. The molecule has 0 unspecified atom stereocenters. The van der Waals surface area contributed by atoms with E-state index in [2.05, 4.69) is 40.7 Å². The quantitative estimate of drug-likeness (QED) is 0.492. The van der Waals surface area contributed by atoms with Crippen molar-refractivity contribution >= 4 is 45.0 Å². The molecule has 28 heavy (non-hydrogen) atoms. The topological polar surface area (TPSA) is 74.0 Å². The van der Waals surface area contributed by atoms with E-state index in [-0.39, 0.29) is 11.8 Å². The predicted molar refractivity (Wildman–Crippen MR) is 112 cm³/mol. The van der Waals surface area contributed by atoms with Crippen molar-refractivity contribution in [1.29, 1.82) is 0 Å². The third-order valence-electron chi connectivity index (χ3n) is 5.35. The van der Waals surface area contributed by atoms with Crippen LogP contribution in [-0.4, -0.2) is 16.8 Å². The first kappa shape index (κ1) is 16.6. The monoisotopic (exact) mass is 369 g/mol. The molecule has 1 aromatic heterocycles. The van der Waals surface area contributed by atoms with E-state index in [0.717, 1.165) is 39.8 Å². The number of amides is 2. The average Bonchev–Trinajstić information content (AvgIpc) is 3.25. The molecule has 0 fully saturated rings. The summed E-state index contributed by atoms with van der Waals surface area (Å²) in [7, 11) is 0. The van der Waals surface area contributed by atoms with E-state index >= 15 is 0 Å². The number of carbonyl (C=O) groups excluding carboxylic acids is 2. The van der Waals surface area contributed by atoms with Crippen molar-refractivity contribution in [1.82, 2.24) is 4.98 Å². The first-order chi connectivity index (χ1) is 13.6. The molecule has 3 aromatic carbocycles. The van der Waals surface area contributed by atoms with Gasteiger partial charge in [-0.15, -0.1) is 0 Å². The Kier molecular flexibility index (Phi) is 3.69. The maximum absolute atomic E-state index is 12.7. The Morgan fingerprint density at radius 2 is 1.96 bits per heavy atom. The average molecular weight is 369 g/mol. The minimum Gasteiger partial charge on any atom is -0.354 e. The molecule has 0 saturated heterocycles. The van der Waals surface area contributed by atoms with Gasteiger partial charge in [-0.25, -0.2) is 0 Å². The number of anilines is 2. The Morgan fingerprint density at radius 3 is 2.82 bits per heavy atom.